The van der Waals surface area contributed by atoms with Crippen LogP contribution in [0.3, 0.4) is 0 Å². The number of carbonyl (C=O) groups excluding carboxylic acids is 1. The molecule has 0 bridgehead atoms. The molecule has 2 aliphatic rings. The third-order valence-electron chi connectivity index (χ3n) is 6.25. The molecule has 0 spiro atoms. The van der Waals surface area contributed by atoms with Gasteiger partial charge in [0.15, 0.2) is 0 Å². The second-order valence-electron chi connectivity index (χ2n) is 8.85. The van der Waals surface area contributed by atoms with Gasteiger partial charge < -0.3 is 9.88 Å². The number of fused-ring (bicyclic) bond motifs is 1. The number of anilines is 1. The number of rotatable bonds is 4. The highest BCUT2D eigenvalue weighted by Gasteiger charge is 2.37. The lowest BCUT2D eigenvalue weighted by Crippen LogP contribution is -2.40. The van der Waals surface area contributed by atoms with Gasteiger partial charge >= 0.3 is 12.4 Å². The number of aromatic nitrogens is 3. The van der Waals surface area contributed by atoms with Crippen LogP contribution in [-0.2, 0) is 30.1 Å². The zero-order valence-corrected chi connectivity index (χ0v) is 18.3. The van der Waals surface area contributed by atoms with E-state index >= 15 is 0 Å². The first kappa shape index (κ1) is 24.5. The molecular formula is C22H25F6N5O. The number of piperidine rings is 1. The van der Waals surface area contributed by atoms with Gasteiger partial charge in [0.25, 0.3) is 0 Å². The van der Waals surface area contributed by atoms with E-state index in [4.69, 9.17) is 0 Å². The Balaban J connectivity index is 1.44. The van der Waals surface area contributed by atoms with Crippen molar-refractivity contribution in [1.29, 1.82) is 0 Å². The molecule has 2 aliphatic heterocycles. The average molecular weight is 489 g/mol. The van der Waals surface area contributed by atoms with E-state index in [0.717, 1.165) is 56.7 Å². The minimum atomic E-state index is -4.98. The zero-order valence-electron chi connectivity index (χ0n) is 18.3. The Morgan fingerprint density at radius 1 is 0.941 bits per heavy atom. The van der Waals surface area contributed by atoms with Crippen LogP contribution in [0.25, 0.3) is 0 Å². The monoisotopic (exact) mass is 489 g/mol. The fourth-order valence-electron chi connectivity index (χ4n) is 4.65. The standard InChI is InChI=1S/C22H25F6N5O/c23-21(24,25)15-9-16(22(26,27)28)11-17(10-15)29-19(34)13-32-7-4-5-14(12-32)20-31-30-18-6-2-1-3-8-33(18)20/h9-11,14H,1-8,12-13H2,(H,29,34). The average Bonchev–Trinajstić information content (AvgIpc) is 3.00. The Morgan fingerprint density at radius 3 is 2.32 bits per heavy atom. The summed E-state index contributed by atoms with van der Waals surface area (Å²) in [5.41, 5.74) is -3.48. The number of hydrogen-bond donors (Lipinski definition) is 1. The summed E-state index contributed by atoms with van der Waals surface area (Å²) in [5.74, 6) is 1.24. The quantitative estimate of drug-likeness (QED) is 0.624. The molecule has 34 heavy (non-hydrogen) atoms. The smallest absolute Gasteiger partial charge is 0.325 e. The molecule has 1 saturated heterocycles. The summed E-state index contributed by atoms with van der Waals surface area (Å²) in [5, 5.41) is 10.9. The Labute approximate surface area is 192 Å². The lowest BCUT2D eigenvalue weighted by atomic mass is 9.97. The number of benzene rings is 1. The Bertz CT molecular complexity index is 1000. The summed E-state index contributed by atoms with van der Waals surface area (Å²) < 4.78 is 80.6. The molecule has 0 saturated carbocycles. The van der Waals surface area contributed by atoms with Crippen molar-refractivity contribution in [3.8, 4) is 0 Å². The molecular weight excluding hydrogens is 464 g/mol. The molecule has 186 valence electrons. The number of halogens is 6. The van der Waals surface area contributed by atoms with Crippen molar-refractivity contribution in [2.24, 2.45) is 0 Å². The summed E-state index contributed by atoms with van der Waals surface area (Å²) in [6.45, 7) is 1.82. The predicted molar refractivity (Wildman–Crippen MR) is 111 cm³/mol. The minimum absolute atomic E-state index is 0.0341. The highest BCUT2D eigenvalue weighted by Crippen LogP contribution is 2.37. The van der Waals surface area contributed by atoms with E-state index in [2.05, 4.69) is 20.1 Å². The van der Waals surface area contributed by atoms with E-state index in [-0.39, 0.29) is 18.5 Å². The van der Waals surface area contributed by atoms with Crippen LogP contribution < -0.4 is 5.32 Å². The number of carbonyl (C=O) groups is 1. The third kappa shape index (κ3) is 5.70. The summed E-state index contributed by atoms with van der Waals surface area (Å²) in [4.78, 5) is 14.4. The van der Waals surface area contributed by atoms with Gasteiger partial charge in [-0.1, -0.05) is 6.42 Å². The number of alkyl halides is 6. The van der Waals surface area contributed by atoms with Gasteiger partial charge in [0.05, 0.1) is 17.7 Å². The number of likely N-dealkylation sites (tertiary alicyclic amines) is 1. The lowest BCUT2D eigenvalue weighted by molar-refractivity contribution is -0.143. The second kappa shape index (κ2) is 9.55. The van der Waals surface area contributed by atoms with Crippen molar-refractivity contribution >= 4 is 11.6 Å². The lowest BCUT2D eigenvalue weighted by Gasteiger charge is -2.32. The zero-order chi connectivity index (χ0) is 24.5. The van der Waals surface area contributed by atoms with Crippen LogP contribution in [0.4, 0.5) is 32.0 Å². The van der Waals surface area contributed by atoms with Crippen molar-refractivity contribution in [1.82, 2.24) is 19.7 Å². The van der Waals surface area contributed by atoms with Gasteiger partial charge in [0, 0.05) is 31.1 Å². The predicted octanol–water partition coefficient (Wildman–Crippen LogP) is 4.86. The maximum absolute atomic E-state index is 13.1. The number of nitrogens with zero attached hydrogens (tertiary/aromatic N) is 4. The van der Waals surface area contributed by atoms with E-state index in [1.807, 2.05) is 4.90 Å². The van der Waals surface area contributed by atoms with E-state index in [0.29, 0.717) is 25.2 Å². The first-order valence-corrected chi connectivity index (χ1v) is 11.2. The molecule has 1 N–H and O–H groups in total. The first-order valence-electron chi connectivity index (χ1n) is 11.2. The highest BCUT2D eigenvalue weighted by atomic mass is 19.4. The molecule has 1 aromatic heterocycles. The fourth-order valence-corrected chi connectivity index (χ4v) is 4.65. The molecule has 12 heteroatoms. The number of nitrogens with one attached hydrogen (secondary N) is 1. The van der Waals surface area contributed by atoms with Crippen molar-refractivity contribution in [3.05, 3.63) is 41.0 Å². The molecule has 1 amide bonds. The van der Waals surface area contributed by atoms with Gasteiger partial charge in [-0.15, -0.1) is 10.2 Å². The molecule has 4 rings (SSSR count). The minimum Gasteiger partial charge on any atom is -0.325 e. The van der Waals surface area contributed by atoms with Crippen molar-refractivity contribution < 1.29 is 31.1 Å². The fraction of sp³-hybridized carbons (Fsp3) is 0.591. The van der Waals surface area contributed by atoms with Crippen LogP contribution in [0.5, 0.6) is 0 Å². The van der Waals surface area contributed by atoms with Crippen LogP contribution in [-0.4, -0.2) is 45.2 Å². The van der Waals surface area contributed by atoms with Crippen molar-refractivity contribution in [2.45, 2.75) is 63.3 Å². The number of amides is 1. The second-order valence-corrected chi connectivity index (χ2v) is 8.85. The summed E-state index contributed by atoms with van der Waals surface area (Å²) >= 11 is 0. The summed E-state index contributed by atoms with van der Waals surface area (Å²) in [6.07, 6.45) is -4.16. The molecule has 0 aliphatic carbocycles. The first-order chi connectivity index (χ1) is 16.0. The van der Waals surface area contributed by atoms with Gasteiger partial charge in [-0.05, 0) is 50.4 Å². The SMILES string of the molecule is O=C(CN1CCCC(c2nnc3n2CCCCC3)C1)Nc1cc(C(F)(F)F)cc(C(F)(F)F)c1. The van der Waals surface area contributed by atoms with Crippen LogP contribution in [0, 0.1) is 0 Å². The molecule has 2 aromatic rings. The molecule has 3 heterocycles. The third-order valence-corrected chi connectivity index (χ3v) is 6.25. The summed E-state index contributed by atoms with van der Waals surface area (Å²) in [6, 6.07) is 1.06. The van der Waals surface area contributed by atoms with Crippen molar-refractivity contribution in [3.63, 3.8) is 0 Å². The van der Waals surface area contributed by atoms with Crippen LogP contribution in [0.2, 0.25) is 0 Å². The van der Waals surface area contributed by atoms with Gasteiger partial charge in [-0.25, -0.2) is 0 Å². The van der Waals surface area contributed by atoms with Crippen LogP contribution in [0.1, 0.15) is 60.8 Å². The molecule has 6 nitrogen and oxygen atoms in total. The topological polar surface area (TPSA) is 63.1 Å². The largest absolute Gasteiger partial charge is 0.416 e. The van der Waals surface area contributed by atoms with E-state index in [9.17, 15) is 31.1 Å². The summed E-state index contributed by atoms with van der Waals surface area (Å²) in [7, 11) is 0. The van der Waals surface area contributed by atoms with Crippen LogP contribution >= 0.6 is 0 Å². The Morgan fingerprint density at radius 2 is 1.65 bits per heavy atom. The number of aryl methyl sites for hydroxylation is 1. The normalized spacial score (nSPS) is 20.0. The van der Waals surface area contributed by atoms with Crippen LogP contribution in [0.15, 0.2) is 18.2 Å². The molecule has 1 unspecified atom stereocenters. The van der Waals surface area contributed by atoms with Crippen molar-refractivity contribution in [2.75, 3.05) is 25.0 Å². The highest BCUT2D eigenvalue weighted by molar-refractivity contribution is 5.92. The van der Waals surface area contributed by atoms with E-state index in [1.54, 1.807) is 0 Å². The van der Waals surface area contributed by atoms with Gasteiger partial charge in [-0.3, -0.25) is 9.69 Å². The van der Waals surface area contributed by atoms with Gasteiger partial charge in [0.2, 0.25) is 5.91 Å². The van der Waals surface area contributed by atoms with E-state index in [1.165, 1.54) is 0 Å². The maximum atomic E-state index is 13.1. The van der Waals surface area contributed by atoms with Gasteiger partial charge in [0.1, 0.15) is 11.6 Å². The Kier molecular flexibility index (Phi) is 6.88. The molecule has 1 atom stereocenters. The van der Waals surface area contributed by atoms with Gasteiger partial charge in [-0.2, -0.15) is 26.3 Å². The maximum Gasteiger partial charge on any atom is 0.416 e. The van der Waals surface area contributed by atoms with E-state index < -0.39 is 35.1 Å². The molecule has 1 fully saturated rings. The molecule has 0 radical (unpaired) electrons. The number of hydrogen-bond acceptors (Lipinski definition) is 4. The molecule has 1 aromatic carbocycles. The Hall–Kier alpha value is -2.63.